The van der Waals surface area contributed by atoms with Gasteiger partial charge in [-0.25, -0.2) is 14.5 Å². The van der Waals surface area contributed by atoms with Crippen molar-refractivity contribution < 1.29 is 17.9 Å². The summed E-state index contributed by atoms with van der Waals surface area (Å²) >= 11 is 0. The number of nitrogens with zero attached hydrogens (tertiary/aromatic N) is 6. The van der Waals surface area contributed by atoms with Crippen LogP contribution in [0.25, 0.3) is 16.8 Å². The van der Waals surface area contributed by atoms with Crippen LogP contribution in [0.3, 0.4) is 0 Å². The molecule has 1 aliphatic heterocycles. The number of anilines is 2. The summed E-state index contributed by atoms with van der Waals surface area (Å²) < 4.78 is 47.3. The third-order valence-corrected chi connectivity index (χ3v) is 5.21. The first-order chi connectivity index (χ1) is 15.4. The third kappa shape index (κ3) is 3.96. The molecule has 0 saturated carbocycles. The summed E-state index contributed by atoms with van der Waals surface area (Å²) in [6.07, 6.45) is 1.75. The van der Waals surface area contributed by atoms with Gasteiger partial charge in [0.15, 0.2) is 17.3 Å². The highest BCUT2D eigenvalue weighted by atomic mass is 19.4. The molecule has 0 radical (unpaired) electrons. The third-order valence-electron chi connectivity index (χ3n) is 5.21. The number of nitrogens with one attached hydrogen (secondary N) is 2. The van der Waals surface area contributed by atoms with E-state index in [0.717, 1.165) is 35.9 Å². The molecule has 1 fully saturated rings. The number of hydrogen-bond acceptors (Lipinski definition) is 7. The minimum Gasteiger partial charge on any atom is -0.488 e. The van der Waals surface area contributed by atoms with Gasteiger partial charge in [0.05, 0.1) is 24.1 Å². The normalized spacial score (nSPS) is 16.2. The highest BCUT2D eigenvalue weighted by molar-refractivity contribution is 5.72. The van der Waals surface area contributed by atoms with E-state index in [4.69, 9.17) is 4.74 Å². The molecule has 4 aromatic heterocycles. The molecule has 1 atom stereocenters. The number of pyridine rings is 1. The molecular weight excluding hydrogens is 425 g/mol. The fraction of sp³-hybridized carbons (Fsp3) is 0.300. The maximum Gasteiger partial charge on any atom is 0.434 e. The van der Waals surface area contributed by atoms with Crippen molar-refractivity contribution >= 4 is 17.2 Å². The van der Waals surface area contributed by atoms with E-state index in [-0.39, 0.29) is 5.82 Å². The summed E-state index contributed by atoms with van der Waals surface area (Å²) in [4.78, 5) is 7.16. The van der Waals surface area contributed by atoms with Crippen LogP contribution in [0.2, 0.25) is 0 Å². The Bertz CT molecular complexity index is 1240. The zero-order valence-corrected chi connectivity index (χ0v) is 17.0. The summed E-state index contributed by atoms with van der Waals surface area (Å²) in [6.45, 7) is 1.59. The summed E-state index contributed by atoms with van der Waals surface area (Å²) in [7, 11) is 1.85. The van der Waals surface area contributed by atoms with E-state index in [2.05, 4.69) is 30.8 Å². The standard InChI is InChI=1S/C20H19F3N8O/c1-30-19(15(8-27-30)32-11-13-2-4-24-13)12-3-5-31-14(6-12)7-17(29-31)28-18-10-25-16(9-26-18)20(21,22)23/h3,5-10,13,24H,2,4,11H2,1H3,(H,26,28,29). The Hall–Kier alpha value is -3.67. The second-order valence-electron chi connectivity index (χ2n) is 7.46. The lowest BCUT2D eigenvalue weighted by atomic mass is 10.1. The zero-order chi connectivity index (χ0) is 22.3. The van der Waals surface area contributed by atoms with Gasteiger partial charge >= 0.3 is 6.18 Å². The number of aryl methyl sites for hydroxylation is 1. The summed E-state index contributed by atoms with van der Waals surface area (Å²) in [5.41, 5.74) is 1.47. The van der Waals surface area contributed by atoms with Crippen molar-refractivity contribution in [3.05, 3.63) is 48.7 Å². The Morgan fingerprint density at radius 1 is 1.19 bits per heavy atom. The molecule has 166 valence electrons. The van der Waals surface area contributed by atoms with Crippen LogP contribution in [-0.2, 0) is 13.2 Å². The number of ether oxygens (including phenoxy) is 1. The van der Waals surface area contributed by atoms with E-state index in [1.807, 2.05) is 19.2 Å². The number of aromatic nitrogens is 6. The Balaban J connectivity index is 1.37. The van der Waals surface area contributed by atoms with Gasteiger partial charge in [-0.15, -0.1) is 0 Å². The fourth-order valence-corrected chi connectivity index (χ4v) is 3.41. The van der Waals surface area contributed by atoms with Crippen LogP contribution in [0.1, 0.15) is 12.1 Å². The maximum absolute atomic E-state index is 12.6. The molecule has 5 rings (SSSR count). The lowest BCUT2D eigenvalue weighted by Gasteiger charge is -2.27. The smallest absolute Gasteiger partial charge is 0.434 e. The second kappa shape index (κ2) is 7.79. The average molecular weight is 444 g/mol. The van der Waals surface area contributed by atoms with Crippen LogP contribution in [0.15, 0.2) is 43.0 Å². The molecule has 0 bridgehead atoms. The Morgan fingerprint density at radius 2 is 2.03 bits per heavy atom. The average Bonchev–Trinajstić information content (AvgIpc) is 3.28. The van der Waals surface area contributed by atoms with Gasteiger partial charge in [0.25, 0.3) is 0 Å². The van der Waals surface area contributed by atoms with Crippen molar-refractivity contribution in [3.8, 4) is 17.0 Å². The Kier molecular flexibility index (Phi) is 4.93. The van der Waals surface area contributed by atoms with E-state index in [0.29, 0.717) is 30.4 Å². The molecular formula is C20H19F3N8O. The first-order valence-corrected chi connectivity index (χ1v) is 9.91. The van der Waals surface area contributed by atoms with Crippen LogP contribution < -0.4 is 15.4 Å². The molecule has 0 spiro atoms. The predicted molar refractivity (Wildman–Crippen MR) is 110 cm³/mol. The molecule has 0 amide bonds. The minimum atomic E-state index is -4.53. The fourth-order valence-electron chi connectivity index (χ4n) is 3.41. The Labute approximate surface area is 180 Å². The van der Waals surface area contributed by atoms with Crippen LogP contribution in [0.5, 0.6) is 5.75 Å². The molecule has 4 aromatic rings. The molecule has 12 heteroatoms. The lowest BCUT2D eigenvalue weighted by Crippen LogP contribution is -2.46. The van der Waals surface area contributed by atoms with Gasteiger partial charge in [-0.1, -0.05) is 0 Å². The monoisotopic (exact) mass is 444 g/mol. The predicted octanol–water partition coefficient (Wildman–Crippen LogP) is 3.03. The largest absolute Gasteiger partial charge is 0.488 e. The van der Waals surface area contributed by atoms with Crippen molar-refractivity contribution in [2.75, 3.05) is 18.5 Å². The van der Waals surface area contributed by atoms with Crippen molar-refractivity contribution in [1.82, 2.24) is 34.7 Å². The molecule has 0 aromatic carbocycles. The van der Waals surface area contributed by atoms with Gasteiger partial charge < -0.3 is 15.4 Å². The Morgan fingerprint density at radius 3 is 2.72 bits per heavy atom. The van der Waals surface area contributed by atoms with Gasteiger partial charge in [0.1, 0.15) is 18.1 Å². The van der Waals surface area contributed by atoms with E-state index < -0.39 is 11.9 Å². The molecule has 1 saturated heterocycles. The van der Waals surface area contributed by atoms with Gasteiger partial charge in [-0.05, 0) is 25.1 Å². The molecule has 0 aliphatic carbocycles. The van der Waals surface area contributed by atoms with Crippen molar-refractivity contribution in [3.63, 3.8) is 0 Å². The highest BCUT2D eigenvalue weighted by Crippen LogP contribution is 2.31. The number of halogens is 3. The second-order valence-corrected chi connectivity index (χ2v) is 7.46. The van der Waals surface area contributed by atoms with E-state index in [9.17, 15) is 13.2 Å². The first-order valence-electron chi connectivity index (χ1n) is 9.91. The van der Waals surface area contributed by atoms with Gasteiger partial charge in [0.2, 0.25) is 0 Å². The quantitative estimate of drug-likeness (QED) is 0.472. The molecule has 5 heterocycles. The van der Waals surface area contributed by atoms with Crippen LogP contribution in [0, 0.1) is 0 Å². The summed E-state index contributed by atoms with van der Waals surface area (Å²) in [5, 5.41) is 14.9. The van der Waals surface area contributed by atoms with Crippen molar-refractivity contribution in [2.45, 2.75) is 18.6 Å². The van der Waals surface area contributed by atoms with E-state index in [1.54, 1.807) is 27.7 Å². The SMILES string of the molecule is Cn1ncc(OCC2CCN2)c1-c1ccn2nc(Nc3cnc(C(F)(F)F)cn3)cc2c1. The number of fused-ring (bicyclic) bond motifs is 1. The van der Waals surface area contributed by atoms with E-state index in [1.165, 1.54) is 0 Å². The summed E-state index contributed by atoms with van der Waals surface area (Å²) in [5.74, 6) is 1.28. The molecule has 2 N–H and O–H groups in total. The van der Waals surface area contributed by atoms with Crippen LogP contribution >= 0.6 is 0 Å². The number of rotatable bonds is 6. The van der Waals surface area contributed by atoms with Crippen molar-refractivity contribution in [2.24, 2.45) is 7.05 Å². The molecule has 32 heavy (non-hydrogen) atoms. The zero-order valence-electron chi connectivity index (χ0n) is 17.0. The van der Waals surface area contributed by atoms with E-state index >= 15 is 0 Å². The molecule has 1 aliphatic rings. The topological polar surface area (TPSA) is 94.2 Å². The molecule has 1 unspecified atom stereocenters. The van der Waals surface area contributed by atoms with Gasteiger partial charge in [-0.3, -0.25) is 4.68 Å². The molecule has 9 nitrogen and oxygen atoms in total. The van der Waals surface area contributed by atoms with Gasteiger partial charge in [0, 0.05) is 30.9 Å². The lowest BCUT2D eigenvalue weighted by molar-refractivity contribution is -0.141. The maximum atomic E-state index is 12.6. The minimum absolute atomic E-state index is 0.161. The van der Waals surface area contributed by atoms with Crippen LogP contribution in [0.4, 0.5) is 24.8 Å². The first kappa shape index (κ1) is 20.2. The van der Waals surface area contributed by atoms with Gasteiger partial charge in [-0.2, -0.15) is 23.4 Å². The highest BCUT2D eigenvalue weighted by Gasteiger charge is 2.32. The van der Waals surface area contributed by atoms with Crippen LogP contribution in [-0.4, -0.2) is 48.6 Å². The summed E-state index contributed by atoms with van der Waals surface area (Å²) in [6, 6.07) is 5.95. The number of hydrogen-bond donors (Lipinski definition) is 2. The number of alkyl halides is 3. The van der Waals surface area contributed by atoms with Crippen molar-refractivity contribution in [1.29, 1.82) is 0 Å².